The third-order valence-electron chi connectivity index (χ3n) is 1.01. The lowest BCUT2D eigenvalue weighted by molar-refractivity contribution is -0.471. The van der Waals surface area contributed by atoms with Crippen LogP contribution in [0.3, 0.4) is 0 Å². The lowest BCUT2D eigenvalue weighted by Gasteiger charge is -2.07. The van der Waals surface area contributed by atoms with Crippen molar-refractivity contribution in [1.82, 2.24) is 10.2 Å². The topological polar surface area (TPSA) is 42.1 Å². The second kappa shape index (κ2) is 3.72. The zero-order chi connectivity index (χ0) is 8.15. The molecule has 0 aliphatic rings. The molecule has 0 aromatic heterocycles. The summed E-state index contributed by atoms with van der Waals surface area (Å²) >= 11 is 0. The molecule has 1 N–H and O–H groups in total. The zero-order valence-corrected chi connectivity index (χ0v) is 6.84. The van der Waals surface area contributed by atoms with Crippen molar-refractivity contribution in [3.05, 3.63) is 0 Å². The van der Waals surface area contributed by atoms with Crippen LogP contribution in [0.15, 0.2) is 0 Å². The molecule has 56 valence electrons. The zero-order valence-electron chi connectivity index (χ0n) is 6.84. The van der Waals surface area contributed by atoms with E-state index in [2.05, 4.69) is 5.32 Å². The fraction of sp³-hybridized carbons (Fsp3) is 0.667. The third-order valence-corrected chi connectivity index (χ3v) is 1.01. The fourth-order valence-electron chi connectivity index (χ4n) is 0.674. The summed E-state index contributed by atoms with van der Waals surface area (Å²) in [6.07, 6.45) is 1.86. The van der Waals surface area contributed by atoms with Gasteiger partial charge in [-0.3, -0.25) is 9.48 Å². The number of hydrogen-bond donors (Lipinski definition) is 1. The van der Waals surface area contributed by atoms with Gasteiger partial charge in [-0.1, -0.05) is 0 Å². The number of nitriles is 1. The van der Waals surface area contributed by atoms with E-state index in [1.165, 1.54) is 0 Å². The lowest BCUT2D eigenvalue weighted by Crippen LogP contribution is -2.39. The van der Waals surface area contributed by atoms with E-state index in [1.807, 2.05) is 43.9 Å². The largest absolute Gasteiger partial charge is 0.361 e. The van der Waals surface area contributed by atoms with Gasteiger partial charge in [-0.15, -0.1) is 0 Å². The third kappa shape index (κ3) is 2.35. The fourth-order valence-corrected chi connectivity index (χ4v) is 0.674. The van der Waals surface area contributed by atoms with Crippen molar-refractivity contribution < 1.29 is 4.58 Å². The average molecular weight is 141 g/mol. The van der Waals surface area contributed by atoms with Gasteiger partial charge in [0.25, 0.3) is 6.19 Å². The maximum absolute atomic E-state index is 8.30. The molecular weight excluding hydrogens is 128 g/mol. The summed E-state index contributed by atoms with van der Waals surface area (Å²) < 4.78 is 1.84. The minimum atomic E-state index is 0.780. The maximum Gasteiger partial charge on any atom is 0.361 e. The summed E-state index contributed by atoms with van der Waals surface area (Å²) in [5.41, 5.74) is 0. The van der Waals surface area contributed by atoms with Gasteiger partial charge in [0.2, 0.25) is 0 Å². The van der Waals surface area contributed by atoms with Crippen LogP contribution in [0.1, 0.15) is 0 Å². The highest BCUT2D eigenvalue weighted by atomic mass is 15.3. The number of nitrogens with one attached hydrogen (secondary N) is 1. The van der Waals surface area contributed by atoms with Crippen LogP contribution in [0.4, 0.5) is 0 Å². The van der Waals surface area contributed by atoms with E-state index in [-0.39, 0.29) is 0 Å². The normalized spacial score (nSPS) is 7.90. The smallest absolute Gasteiger partial charge is 0.269 e. The highest BCUT2D eigenvalue weighted by molar-refractivity contribution is 5.75. The van der Waals surface area contributed by atoms with Crippen molar-refractivity contribution in [2.24, 2.45) is 0 Å². The van der Waals surface area contributed by atoms with Gasteiger partial charge in [0.15, 0.2) is 0 Å². The van der Waals surface area contributed by atoms with Crippen LogP contribution in [0, 0.1) is 11.5 Å². The Labute approximate surface area is 61.4 Å². The Bertz CT molecular complexity index is 171. The molecule has 0 saturated heterocycles. The van der Waals surface area contributed by atoms with Gasteiger partial charge in [0.05, 0.1) is 28.2 Å². The predicted octanol–water partition coefficient (Wildman–Crippen LogP) is -0.753. The molecule has 0 aromatic rings. The van der Waals surface area contributed by atoms with Gasteiger partial charge in [-0.05, 0) is 0 Å². The van der Waals surface area contributed by atoms with Gasteiger partial charge in [0, 0.05) is 0 Å². The van der Waals surface area contributed by atoms with Crippen molar-refractivity contribution in [3.8, 4) is 6.19 Å². The van der Waals surface area contributed by atoms with Gasteiger partial charge >= 0.3 is 5.96 Å². The van der Waals surface area contributed by atoms with Crippen LogP contribution in [0.25, 0.3) is 0 Å². The van der Waals surface area contributed by atoms with Gasteiger partial charge < -0.3 is 0 Å². The van der Waals surface area contributed by atoms with Crippen molar-refractivity contribution >= 4 is 5.96 Å². The van der Waals surface area contributed by atoms with Gasteiger partial charge in [-0.25, -0.2) is 0 Å². The average Bonchev–Trinajstić information content (AvgIpc) is 1.81. The first-order valence-corrected chi connectivity index (χ1v) is 2.96. The van der Waals surface area contributed by atoms with Gasteiger partial charge in [0.1, 0.15) is 0 Å². The minimum Gasteiger partial charge on any atom is -0.269 e. The molecule has 0 atom stereocenters. The highest BCUT2D eigenvalue weighted by Gasteiger charge is 2.08. The van der Waals surface area contributed by atoms with Crippen molar-refractivity contribution in [3.63, 3.8) is 0 Å². The summed E-state index contributed by atoms with van der Waals surface area (Å²) in [6, 6.07) is 0. The van der Waals surface area contributed by atoms with Crippen LogP contribution in [0.5, 0.6) is 0 Å². The molecule has 0 amide bonds. The van der Waals surface area contributed by atoms with Gasteiger partial charge in [-0.2, -0.15) is 10.6 Å². The van der Waals surface area contributed by atoms with Crippen LogP contribution in [0.2, 0.25) is 0 Å². The van der Waals surface area contributed by atoms with E-state index in [9.17, 15) is 0 Å². The number of hydrogen-bond acceptors (Lipinski definition) is 1. The van der Waals surface area contributed by atoms with Crippen molar-refractivity contribution in [2.75, 3.05) is 28.2 Å². The molecule has 0 unspecified atom stereocenters. The molecule has 10 heavy (non-hydrogen) atoms. The molecule has 0 saturated carbocycles. The lowest BCUT2D eigenvalue weighted by atomic mass is 10.7. The van der Waals surface area contributed by atoms with Crippen LogP contribution in [-0.4, -0.2) is 43.6 Å². The Morgan fingerprint density at radius 1 is 1.50 bits per heavy atom. The standard InChI is InChI=1S/C6H12N4/c1-9(2)6(8-5-7)10(3)4/h1-4H3/p+1. The first-order valence-electron chi connectivity index (χ1n) is 2.96. The Kier molecular flexibility index (Phi) is 3.26. The number of nitrogens with zero attached hydrogens (tertiary/aromatic N) is 3. The summed E-state index contributed by atoms with van der Waals surface area (Å²) in [4.78, 5) is 1.84. The second-order valence-electron chi connectivity index (χ2n) is 2.35. The molecule has 0 fully saturated rings. The molecule has 0 aliphatic heterocycles. The van der Waals surface area contributed by atoms with E-state index in [1.54, 1.807) is 0 Å². The van der Waals surface area contributed by atoms with Crippen LogP contribution < -0.4 is 5.32 Å². The minimum absolute atomic E-state index is 0.780. The van der Waals surface area contributed by atoms with Crippen LogP contribution in [-0.2, 0) is 0 Å². The molecule has 0 rings (SSSR count). The van der Waals surface area contributed by atoms with Crippen molar-refractivity contribution in [1.29, 1.82) is 5.26 Å². The second-order valence-corrected chi connectivity index (χ2v) is 2.35. The molecule has 0 bridgehead atoms. The van der Waals surface area contributed by atoms with E-state index in [0.717, 1.165) is 5.96 Å². The molecule has 0 aromatic carbocycles. The number of rotatable bonds is 0. The Morgan fingerprint density at radius 3 is 2.10 bits per heavy atom. The first-order chi connectivity index (χ1) is 4.59. The SMILES string of the molecule is CN(C)C(NC#N)=[N+](C)C. The summed E-state index contributed by atoms with van der Waals surface area (Å²) in [7, 11) is 7.50. The van der Waals surface area contributed by atoms with Crippen molar-refractivity contribution in [2.45, 2.75) is 0 Å². The van der Waals surface area contributed by atoms with Crippen LogP contribution >= 0.6 is 0 Å². The van der Waals surface area contributed by atoms with E-state index >= 15 is 0 Å². The van der Waals surface area contributed by atoms with E-state index in [0.29, 0.717) is 0 Å². The molecule has 4 heteroatoms. The molecule has 4 nitrogen and oxygen atoms in total. The van der Waals surface area contributed by atoms with E-state index in [4.69, 9.17) is 5.26 Å². The predicted molar refractivity (Wildman–Crippen MR) is 39.6 cm³/mol. The summed E-state index contributed by atoms with van der Waals surface area (Å²) in [6.45, 7) is 0. The molecule has 0 aliphatic carbocycles. The maximum atomic E-state index is 8.30. The Hall–Kier alpha value is -1.24. The Balaban J connectivity index is 4.31. The summed E-state index contributed by atoms with van der Waals surface area (Å²) in [5.74, 6) is 0.780. The Morgan fingerprint density at radius 2 is 2.00 bits per heavy atom. The molecule has 0 spiro atoms. The number of guanidine groups is 1. The molecule has 0 heterocycles. The quantitative estimate of drug-likeness (QED) is 0.159. The monoisotopic (exact) mass is 141 g/mol. The molecular formula is C6H13N4+. The van der Waals surface area contributed by atoms with E-state index < -0.39 is 0 Å². The highest BCUT2D eigenvalue weighted by Crippen LogP contribution is 1.74. The summed E-state index contributed by atoms with van der Waals surface area (Å²) in [5, 5.41) is 10.9. The molecule has 0 radical (unpaired) electrons. The first kappa shape index (κ1) is 8.76.